The fourth-order valence-corrected chi connectivity index (χ4v) is 1.76. The van der Waals surface area contributed by atoms with Crippen LogP contribution in [0.1, 0.15) is 51.4 Å². The first-order valence-electron chi connectivity index (χ1n) is 6.11. The fourth-order valence-electron chi connectivity index (χ4n) is 1.76. The van der Waals surface area contributed by atoms with Gasteiger partial charge in [-0.2, -0.15) is 0 Å². The van der Waals surface area contributed by atoms with Gasteiger partial charge in [-0.15, -0.1) is 0 Å². The van der Waals surface area contributed by atoms with Gasteiger partial charge in [-0.05, 0) is 25.3 Å². The Bertz CT molecular complexity index is 236. The van der Waals surface area contributed by atoms with Crippen molar-refractivity contribution in [1.82, 2.24) is 0 Å². The molecule has 0 aliphatic heterocycles. The van der Waals surface area contributed by atoms with Crippen LogP contribution in [0.15, 0.2) is 36.1 Å². The molecule has 0 aromatic carbocycles. The summed E-state index contributed by atoms with van der Waals surface area (Å²) in [5.74, 6) is 0.511. The molecule has 0 amide bonds. The monoisotopic (exact) mass is 206 g/mol. The third-order valence-corrected chi connectivity index (χ3v) is 2.70. The molecule has 84 valence electrons. The average Bonchev–Trinajstić information content (AvgIpc) is 2.24. The maximum atomic E-state index is 9.50. The van der Waals surface area contributed by atoms with Gasteiger partial charge >= 0.3 is 0 Å². The van der Waals surface area contributed by atoms with E-state index in [2.05, 4.69) is 12.2 Å². The summed E-state index contributed by atoms with van der Waals surface area (Å²) >= 11 is 0. The topological polar surface area (TPSA) is 20.2 Å². The van der Waals surface area contributed by atoms with E-state index in [0.29, 0.717) is 5.76 Å². The SMILES string of the molecule is O/C1=C/C=C/C=C/CCCCCCCC1. The first kappa shape index (κ1) is 12.1. The number of allylic oxidation sites excluding steroid dienone is 6. The zero-order valence-electron chi connectivity index (χ0n) is 9.49. The van der Waals surface area contributed by atoms with E-state index in [0.717, 1.165) is 12.8 Å². The van der Waals surface area contributed by atoms with Crippen molar-refractivity contribution in [2.24, 2.45) is 0 Å². The van der Waals surface area contributed by atoms with Crippen LogP contribution in [-0.2, 0) is 0 Å². The molecule has 0 fully saturated rings. The smallest absolute Gasteiger partial charge is 0.0922 e. The summed E-state index contributed by atoms with van der Waals surface area (Å²) in [7, 11) is 0. The van der Waals surface area contributed by atoms with Gasteiger partial charge in [-0.3, -0.25) is 0 Å². The maximum Gasteiger partial charge on any atom is 0.0922 e. The second kappa shape index (κ2) is 8.34. The van der Waals surface area contributed by atoms with Crippen molar-refractivity contribution in [3.63, 3.8) is 0 Å². The summed E-state index contributed by atoms with van der Waals surface area (Å²) < 4.78 is 0. The Morgan fingerprint density at radius 1 is 0.800 bits per heavy atom. The molecule has 0 unspecified atom stereocenters. The summed E-state index contributed by atoms with van der Waals surface area (Å²) in [5.41, 5.74) is 0. The van der Waals surface area contributed by atoms with E-state index < -0.39 is 0 Å². The summed E-state index contributed by atoms with van der Waals surface area (Å²) in [6.45, 7) is 0. The van der Waals surface area contributed by atoms with Crippen LogP contribution < -0.4 is 0 Å². The molecule has 1 N–H and O–H groups in total. The quantitative estimate of drug-likeness (QED) is 0.610. The lowest BCUT2D eigenvalue weighted by molar-refractivity contribution is 0.380. The molecule has 1 nitrogen and oxygen atoms in total. The van der Waals surface area contributed by atoms with E-state index in [-0.39, 0.29) is 0 Å². The second-order valence-electron chi connectivity index (χ2n) is 4.13. The van der Waals surface area contributed by atoms with Crippen molar-refractivity contribution in [3.05, 3.63) is 36.1 Å². The third kappa shape index (κ3) is 7.01. The van der Waals surface area contributed by atoms with Crippen LogP contribution in [0.4, 0.5) is 0 Å². The van der Waals surface area contributed by atoms with Crippen molar-refractivity contribution in [1.29, 1.82) is 0 Å². The lowest BCUT2D eigenvalue weighted by atomic mass is 10.1. The molecule has 0 saturated heterocycles. The minimum absolute atomic E-state index is 0.511. The highest BCUT2D eigenvalue weighted by Gasteiger charge is 1.94. The standard InChI is InChI=1S/C14H22O/c15-14-12-10-8-6-4-2-1-3-5-7-9-11-13-14/h4,6,8,10,12,15H,1-3,5,7,9,11,13H2/b6-4+,10-8+,14-12+. The maximum absolute atomic E-state index is 9.50. The predicted octanol–water partition coefficient (Wildman–Crippen LogP) is 4.68. The molecule has 0 heterocycles. The molecule has 1 rings (SSSR count). The van der Waals surface area contributed by atoms with Crippen LogP contribution in [0.25, 0.3) is 0 Å². The zero-order chi connectivity index (χ0) is 10.8. The van der Waals surface area contributed by atoms with Gasteiger partial charge in [0.25, 0.3) is 0 Å². The summed E-state index contributed by atoms with van der Waals surface area (Å²) in [5, 5.41) is 9.50. The van der Waals surface area contributed by atoms with E-state index in [1.807, 2.05) is 12.2 Å². The first-order chi connectivity index (χ1) is 7.39. The number of hydrogen-bond acceptors (Lipinski definition) is 1. The van der Waals surface area contributed by atoms with E-state index in [1.54, 1.807) is 6.08 Å². The lowest BCUT2D eigenvalue weighted by Crippen LogP contribution is -1.84. The molecular weight excluding hydrogens is 184 g/mol. The minimum Gasteiger partial charge on any atom is -0.512 e. The second-order valence-corrected chi connectivity index (χ2v) is 4.13. The van der Waals surface area contributed by atoms with Crippen molar-refractivity contribution >= 4 is 0 Å². The van der Waals surface area contributed by atoms with Gasteiger partial charge in [0.1, 0.15) is 0 Å². The fraction of sp³-hybridized carbons (Fsp3) is 0.571. The highest BCUT2D eigenvalue weighted by Crippen LogP contribution is 2.11. The number of aliphatic hydroxyl groups is 1. The van der Waals surface area contributed by atoms with Crippen LogP contribution in [-0.4, -0.2) is 5.11 Å². The van der Waals surface area contributed by atoms with Gasteiger partial charge in [0.05, 0.1) is 5.76 Å². The molecule has 0 atom stereocenters. The van der Waals surface area contributed by atoms with Gasteiger partial charge in [0.15, 0.2) is 0 Å². The van der Waals surface area contributed by atoms with Crippen LogP contribution >= 0.6 is 0 Å². The Morgan fingerprint density at radius 2 is 1.53 bits per heavy atom. The van der Waals surface area contributed by atoms with Gasteiger partial charge in [0, 0.05) is 6.42 Å². The number of hydrogen-bond donors (Lipinski definition) is 1. The summed E-state index contributed by atoms with van der Waals surface area (Å²) in [6.07, 6.45) is 19.7. The van der Waals surface area contributed by atoms with E-state index in [4.69, 9.17) is 0 Å². The molecular formula is C14H22O. The van der Waals surface area contributed by atoms with E-state index in [1.165, 1.54) is 38.5 Å². The summed E-state index contributed by atoms with van der Waals surface area (Å²) in [4.78, 5) is 0. The molecule has 0 spiro atoms. The van der Waals surface area contributed by atoms with Crippen molar-refractivity contribution in [2.75, 3.05) is 0 Å². The van der Waals surface area contributed by atoms with Gasteiger partial charge in [-0.1, -0.05) is 50.0 Å². The molecule has 1 aliphatic carbocycles. The van der Waals surface area contributed by atoms with Gasteiger partial charge in [-0.25, -0.2) is 0 Å². The van der Waals surface area contributed by atoms with Crippen molar-refractivity contribution < 1.29 is 5.11 Å². The van der Waals surface area contributed by atoms with Crippen LogP contribution in [0.2, 0.25) is 0 Å². The van der Waals surface area contributed by atoms with Gasteiger partial charge < -0.3 is 5.11 Å². The van der Waals surface area contributed by atoms with E-state index in [9.17, 15) is 5.11 Å². The molecule has 1 aliphatic rings. The Hall–Kier alpha value is -0.980. The Labute approximate surface area is 93.2 Å². The number of aliphatic hydroxyl groups excluding tert-OH is 1. The first-order valence-corrected chi connectivity index (χ1v) is 6.11. The van der Waals surface area contributed by atoms with Crippen LogP contribution in [0, 0.1) is 0 Å². The largest absolute Gasteiger partial charge is 0.512 e. The Morgan fingerprint density at radius 3 is 2.40 bits per heavy atom. The zero-order valence-corrected chi connectivity index (χ0v) is 9.49. The molecule has 1 heteroatoms. The molecule has 0 aromatic heterocycles. The Kier molecular flexibility index (Phi) is 6.72. The minimum atomic E-state index is 0.511. The van der Waals surface area contributed by atoms with Gasteiger partial charge in [0.2, 0.25) is 0 Å². The van der Waals surface area contributed by atoms with Crippen LogP contribution in [0.3, 0.4) is 0 Å². The lowest BCUT2D eigenvalue weighted by Gasteiger charge is -2.01. The molecule has 15 heavy (non-hydrogen) atoms. The molecule has 0 bridgehead atoms. The van der Waals surface area contributed by atoms with Crippen molar-refractivity contribution in [3.8, 4) is 0 Å². The highest BCUT2D eigenvalue weighted by molar-refractivity contribution is 5.13. The third-order valence-electron chi connectivity index (χ3n) is 2.70. The van der Waals surface area contributed by atoms with Crippen LogP contribution in [0.5, 0.6) is 0 Å². The highest BCUT2D eigenvalue weighted by atomic mass is 16.3. The number of rotatable bonds is 0. The normalized spacial score (nSPS) is 28.4. The molecule has 0 aromatic rings. The predicted molar refractivity (Wildman–Crippen MR) is 65.9 cm³/mol. The molecule has 0 saturated carbocycles. The molecule has 0 radical (unpaired) electrons. The van der Waals surface area contributed by atoms with E-state index >= 15 is 0 Å². The van der Waals surface area contributed by atoms with Crippen molar-refractivity contribution in [2.45, 2.75) is 51.4 Å². The summed E-state index contributed by atoms with van der Waals surface area (Å²) in [6, 6.07) is 0. The Balaban J connectivity index is 2.39. The average molecular weight is 206 g/mol.